The summed E-state index contributed by atoms with van der Waals surface area (Å²) >= 11 is 0. The average molecular weight is 189 g/mol. The Hall–Kier alpha value is -1.82. The van der Waals surface area contributed by atoms with E-state index < -0.39 is 0 Å². The van der Waals surface area contributed by atoms with Crippen LogP contribution in [0.5, 0.6) is 0 Å². The Morgan fingerprint density at radius 2 is 2.07 bits per heavy atom. The Bertz CT molecular complexity index is 340. The van der Waals surface area contributed by atoms with Gasteiger partial charge < -0.3 is 0 Å². The van der Waals surface area contributed by atoms with Crippen LogP contribution in [0, 0.1) is 22.5 Å². The zero-order valence-corrected chi connectivity index (χ0v) is 7.72. The summed E-state index contributed by atoms with van der Waals surface area (Å²) in [6.07, 6.45) is 5.58. The quantitative estimate of drug-likeness (QED) is 0.413. The molecule has 0 spiro atoms. The Morgan fingerprint density at radius 3 is 2.57 bits per heavy atom. The number of terminal acetylenes is 1. The molecule has 0 amide bonds. The first-order chi connectivity index (χ1) is 6.74. The average Bonchev–Trinajstić information content (AvgIpc) is 2.18. The first kappa shape index (κ1) is 10.3. The predicted molar refractivity (Wildman–Crippen MR) is 54.5 cm³/mol. The smallest absolute Gasteiger partial charge is 0.211 e. The van der Waals surface area contributed by atoms with E-state index in [2.05, 4.69) is 5.92 Å². The molecule has 3 heteroatoms. The predicted octanol–water partition coefficient (Wildman–Crippen LogP) is 2.07. The van der Waals surface area contributed by atoms with E-state index in [0.29, 0.717) is 6.42 Å². The van der Waals surface area contributed by atoms with Gasteiger partial charge in [0.15, 0.2) is 0 Å². The molecule has 0 aliphatic carbocycles. The molecule has 0 aliphatic rings. The monoisotopic (exact) mass is 189 g/mol. The van der Waals surface area contributed by atoms with Crippen LogP contribution in [0.1, 0.15) is 17.9 Å². The van der Waals surface area contributed by atoms with E-state index >= 15 is 0 Å². The van der Waals surface area contributed by atoms with Gasteiger partial charge in [0, 0.05) is 11.3 Å². The topological polar surface area (TPSA) is 43.1 Å². The van der Waals surface area contributed by atoms with Gasteiger partial charge in [0.1, 0.15) is 0 Å². The molecule has 0 radical (unpaired) electrons. The van der Waals surface area contributed by atoms with E-state index in [1.165, 1.54) is 0 Å². The first-order valence-corrected chi connectivity index (χ1v) is 4.34. The third kappa shape index (κ3) is 2.91. The lowest BCUT2D eigenvalue weighted by molar-refractivity contribution is -0.483. The first-order valence-electron chi connectivity index (χ1n) is 4.34. The second kappa shape index (κ2) is 5.03. The van der Waals surface area contributed by atoms with Crippen LogP contribution in [-0.2, 0) is 0 Å². The third-order valence-electron chi connectivity index (χ3n) is 2.00. The van der Waals surface area contributed by atoms with Gasteiger partial charge in [-0.25, -0.2) is 0 Å². The fourth-order valence-corrected chi connectivity index (χ4v) is 1.34. The molecule has 0 saturated heterocycles. The van der Waals surface area contributed by atoms with Crippen LogP contribution in [0.3, 0.4) is 0 Å². The fourth-order valence-electron chi connectivity index (χ4n) is 1.34. The number of benzene rings is 1. The highest BCUT2D eigenvalue weighted by Gasteiger charge is 2.15. The van der Waals surface area contributed by atoms with Crippen LogP contribution in [0.4, 0.5) is 0 Å². The molecule has 0 heterocycles. The summed E-state index contributed by atoms with van der Waals surface area (Å²) in [5.74, 6) is 2.30. The van der Waals surface area contributed by atoms with Crippen molar-refractivity contribution in [3.63, 3.8) is 0 Å². The minimum absolute atomic E-state index is 0.103. The lowest BCUT2D eigenvalue weighted by atomic mass is 9.96. The molecule has 72 valence electrons. The summed E-state index contributed by atoms with van der Waals surface area (Å²) in [7, 11) is 0. The minimum atomic E-state index is -0.324. The van der Waals surface area contributed by atoms with Crippen molar-refractivity contribution in [3.05, 3.63) is 46.0 Å². The maximum absolute atomic E-state index is 10.4. The van der Waals surface area contributed by atoms with Crippen LogP contribution in [0.25, 0.3) is 0 Å². The highest BCUT2D eigenvalue weighted by molar-refractivity contribution is 5.20. The van der Waals surface area contributed by atoms with Gasteiger partial charge in [0.2, 0.25) is 6.54 Å². The van der Waals surface area contributed by atoms with Gasteiger partial charge in [0.05, 0.1) is 5.92 Å². The Labute approximate surface area is 82.9 Å². The van der Waals surface area contributed by atoms with Crippen LogP contribution < -0.4 is 0 Å². The van der Waals surface area contributed by atoms with Crippen LogP contribution >= 0.6 is 0 Å². The summed E-state index contributed by atoms with van der Waals surface area (Å²) < 4.78 is 0. The number of hydrogen-bond donors (Lipinski definition) is 0. The number of rotatable bonds is 4. The number of nitrogens with zero attached hydrogens (tertiary/aromatic N) is 1. The largest absolute Gasteiger partial charge is 0.265 e. The molecule has 14 heavy (non-hydrogen) atoms. The second-order valence-corrected chi connectivity index (χ2v) is 3.03. The van der Waals surface area contributed by atoms with Crippen LogP contribution in [0.15, 0.2) is 30.3 Å². The van der Waals surface area contributed by atoms with Crippen molar-refractivity contribution in [2.75, 3.05) is 6.54 Å². The maximum atomic E-state index is 10.4. The van der Waals surface area contributed by atoms with Crippen LogP contribution in [-0.4, -0.2) is 11.5 Å². The van der Waals surface area contributed by atoms with Gasteiger partial charge in [-0.3, -0.25) is 10.1 Å². The standard InChI is InChI=1S/C11H11NO2/c1-2-6-11(9-12(13)14)10-7-4-3-5-8-10/h1,3-5,7-8,11H,6,9H2. The normalized spacial score (nSPS) is 11.6. The molecule has 0 saturated carbocycles. The maximum Gasteiger partial charge on any atom is 0.211 e. The highest BCUT2D eigenvalue weighted by Crippen LogP contribution is 2.18. The van der Waals surface area contributed by atoms with Gasteiger partial charge in [-0.15, -0.1) is 12.3 Å². The van der Waals surface area contributed by atoms with E-state index in [0.717, 1.165) is 5.56 Å². The molecule has 1 aromatic carbocycles. The van der Waals surface area contributed by atoms with Crippen molar-refractivity contribution >= 4 is 0 Å². The zero-order chi connectivity index (χ0) is 10.4. The number of hydrogen-bond acceptors (Lipinski definition) is 2. The van der Waals surface area contributed by atoms with E-state index in [-0.39, 0.29) is 17.4 Å². The molecule has 1 atom stereocenters. The molecule has 0 aromatic heterocycles. The lowest BCUT2D eigenvalue weighted by Gasteiger charge is -2.09. The molecule has 0 fully saturated rings. The molecular weight excluding hydrogens is 178 g/mol. The summed E-state index contributed by atoms with van der Waals surface area (Å²) in [6.45, 7) is -0.103. The number of nitro groups is 1. The minimum Gasteiger partial charge on any atom is -0.265 e. The van der Waals surface area contributed by atoms with Gasteiger partial charge in [-0.05, 0) is 5.56 Å². The van der Waals surface area contributed by atoms with E-state index in [4.69, 9.17) is 6.42 Å². The molecular formula is C11H11NO2. The van der Waals surface area contributed by atoms with Crippen molar-refractivity contribution in [2.24, 2.45) is 0 Å². The summed E-state index contributed by atoms with van der Waals surface area (Å²) in [5.41, 5.74) is 0.933. The van der Waals surface area contributed by atoms with Gasteiger partial charge in [-0.2, -0.15) is 0 Å². The summed E-state index contributed by atoms with van der Waals surface area (Å²) in [4.78, 5) is 10.1. The van der Waals surface area contributed by atoms with Gasteiger partial charge in [-0.1, -0.05) is 30.3 Å². The van der Waals surface area contributed by atoms with Gasteiger partial charge >= 0.3 is 0 Å². The van der Waals surface area contributed by atoms with Crippen molar-refractivity contribution in [1.82, 2.24) is 0 Å². The second-order valence-electron chi connectivity index (χ2n) is 3.03. The molecule has 1 aromatic rings. The van der Waals surface area contributed by atoms with E-state index in [1.807, 2.05) is 30.3 Å². The zero-order valence-electron chi connectivity index (χ0n) is 7.72. The Balaban J connectivity index is 2.78. The summed E-state index contributed by atoms with van der Waals surface area (Å²) in [6, 6.07) is 9.33. The molecule has 1 rings (SSSR count). The van der Waals surface area contributed by atoms with Gasteiger partial charge in [0.25, 0.3) is 0 Å². The van der Waals surface area contributed by atoms with E-state index in [9.17, 15) is 10.1 Å². The molecule has 0 bridgehead atoms. The Kier molecular flexibility index (Phi) is 3.69. The fraction of sp³-hybridized carbons (Fsp3) is 0.273. The molecule has 0 aliphatic heterocycles. The van der Waals surface area contributed by atoms with Crippen molar-refractivity contribution < 1.29 is 4.92 Å². The third-order valence-corrected chi connectivity index (χ3v) is 2.00. The Morgan fingerprint density at radius 1 is 1.43 bits per heavy atom. The summed E-state index contributed by atoms with van der Waals surface area (Å²) in [5, 5.41) is 10.4. The lowest BCUT2D eigenvalue weighted by Crippen LogP contribution is -2.11. The molecule has 1 unspecified atom stereocenters. The van der Waals surface area contributed by atoms with Crippen molar-refractivity contribution in [1.29, 1.82) is 0 Å². The van der Waals surface area contributed by atoms with E-state index in [1.54, 1.807) is 0 Å². The van der Waals surface area contributed by atoms with Crippen LogP contribution in [0.2, 0.25) is 0 Å². The molecule has 3 nitrogen and oxygen atoms in total. The SMILES string of the molecule is C#CCC(C[N+](=O)[O-])c1ccccc1. The van der Waals surface area contributed by atoms with Crippen molar-refractivity contribution in [3.8, 4) is 12.3 Å². The highest BCUT2D eigenvalue weighted by atomic mass is 16.6. The molecule has 0 N–H and O–H groups in total. The van der Waals surface area contributed by atoms with Crippen molar-refractivity contribution in [2.45, 2.75) is 12.3 Å².